The number of hydrogen-bond acceptors (Lipinski definition) is 2. The van der Waals surface area contributed by atoms with Gasteiger partial charge in [-0.25, -0.2) is 0 Å². The Hall–Kier alpha value is -1.00. The molecule has 0 aromatic carbocycles. The summed E-state index contributed by atoms with van der Waals surface area (Å²) < 4.78 is 42.5. The largest absolute Gasteiger partial charge is 0.466 e. The smallest absolute Gasteiger partial charge is 0.395 e. The predicted octanol–water partition coefficient (Wildman–Crippen LogP) is 4.25. The first-order valence-corrected chi connectivity index (χ1v) is 6.30. The molecule has 0 bridgehead atoms. The Labute approximate surface area is 106 Å². The zero-order chi connectivity index (χ0) is 14.0. The molecule has 0 spiro atoms. The van der Waals surface area contributed by atoms with E-state index in [1.54, 1.807) is 6.92 Å². The second kappa shape index (κ2) is 9.00. The third-order valence-corrected chi connectivity index (χ3v) is 2.46. The first-order valence-electron chi connectivity index (χ1n) is 6.30. The normalized spacial score (nSPS) is 13.8. The highest BCUT2D eigenvalue weighted by molar-refractivity contribution is 5.70. The molecule has 0 aliphatic carbocycles. The molecule has 0 saturated heterocycles. The van der Waals surface area contributed by atoms with Crippen LogP contribution in [0.3, 0.4) is 0 Å². The molecule has 0 saturated carbocycles. The van der Waals surface area contributed by atoms with Crippen LogP contribution in [0.5, 0.6) is 0 Å². The van der Waals surface area contributed by atoms with Crippen molar-refractivity contribution in [3.8, 4) is 0 Å². The molecule has 0 rings (SSSR count). The Bertz CT molecular complexity index is 259. The molecular formula is C13H21F3O2. The van der Waals surface area contributed by atoms with Crippen LogP contribution in [0.25, 0.3) is 0 Å². The van der Waals surface area contributed by atoms with E-state index in [0.29, 0.717) is 6.42 Å². The van der Waals surface area contributed by atoms with Crippen molar-refractivity contribution < 1.29 is 22.7 Å². The van der Waals surface area contributed by atoms with E-state index in [9.17, 15) is 18.0 Å². The molecule has 1 atom stereocenters. The van der Waals surface area contributed by atoms with Gasteiger partial charge in [-0.2, -0.15) is 13.2 Å². The Morgan fingerprint density at radius 1 is 1.28 bits per heavy atom. The number of carbonyl (C=O) groups excluding carboxylic acids is 1. The van der Waals surface area contributed by atoms with E-state index in [0.717, 1.165) is 25.3 Å². The fraction of sp³-hybridized carbons (Fsp3) is 0.769. The van der Waals surface area contributed by atoms with Crippen molar-refractivity contribution >= 4 is 5.97 Å². The third-order valence-electron chi connectivity index (χ3n) is 2.46. The monoisotopic (exact) mass is 266 g/mol. The lowest BCUT2D eigenvalue weighted by Gasteiger charge is -2.15. The van der Waals surface area contributed by atoms with Gasteiger partial charge < -0.3 is 4.74 Å². The first kappa shape index (κ1) is 17.0. The summed E-state index contributed by atoms with van der Waals surface area (Å²) in [6.07, 6.45) is 1.06. The first-order chi connectivity index (χ1) is 8.41. The number of halogens is 3. The summed E-state index contributed by atoms with van der Waals surface area (Å²) in [5.41, 5.74) is 0. The highest BCUT2D eigenvalue weighted by Gasteiger charge is 2.39. The summed E-state index contributed by atoms with van der Waals surface area (Å²) in [5, 5.41) is 0. The van der Waals surface area contributed by atoms with Crippen molar-refractivity contribution in [2.75, 3.05) is 6.61 Å². The van der Waals surface area contributed by atoms with Crippen molar-refractivity contribution in [1.82, 2.24) is 0 Å². The van der Waals surface area contributed by atoms with E-state index < -0.39 is 24.5 Å². The molecule has 0 aromatic heterocycles. The van der Waals surface area contributed by atoms with E-state index in [-0.39, 0.29) is 6.61 Å². The zero-order valence-electron chi connectivity index (χ0n) is 10.9. The summed E-state index contributed by atoms with van der Waals surface area (Å²) in [6, 6.07) is 0. The molecular weight excluding hydrogens is 245 g/mol. The van der Waals surface area contributed by atoms with Gasteiger partial charge in [0.25, 0.3) is 0 Å². The average molecular weight is 266 g/mol. The second-order valence-corrected chi connectivity index (χ2v) is 4.08. The van der Waals surface area contributed by atoms with Crippen molar-refractivity contribution in [3.63, 3.8) is 0 Å². The minimum Gasteiger partial charge on any atom is -0.466 e. The number of alkyl halides is 3. The Balaban J connectivity index is 4.28. The molecule has 0 aliphatic rings. The van der Waals surface area contributed by atoms with Crippen molar-refractivity contribution in [3.05, 3.63) is 12.2 Å². The van der Waals surface area contributed by atoms with Crippen LogP contribution in [0, 0.1) is 5.92 Å². The third kappa shape index (κ3) is 8.14. The quantitative estimate of drug-likeness (QED) is 0.373. The van der Waals surface area contributed by atoms with Gasteiger partial charge in [0.05, 0.1) is 18.9 Å². The van der Waals surface area contributed by atoms with Crippen molar-refractivity contribution in [1.29, 1.82) is 0 Å². The molecule has 18 heavy (non-hydrogen) atoms. The number of rotatable bonds is 8. The van der Waals surface area contributed by atoms with Crippen LogP contribution in [0.1, 0.15) is 46.0 Å². The van der Waals surface area contributed by atoms with Gasteiger partial charge in [0.1, 0.15) is 0 Å². The minimum absolute atomic E-state index is 0.101. The zero-order valence-corrected chi connectivity index (χ0v) is 10.9. The van der Waals surface area contributed by atoms with E-state index in [4.69, 9.17) is 0 Å². The Kier molecular flexibility index (Phi) is 8.50. The summed E-state index contributed by atoms with van der Waals surface area (Å²) in [5.74, 6) is -2.55. The summed E-state index contributed by atoms with van der Waals surface area (Å²) in [4.78, 5) is 11.1. The molecule has 0 radical (unpaired) electrons. The van der Waals surface area contributed by atoms with Crippen LogP contribution >= 0.6 is 0 Å². The SMILES string of the molecule is CCCCC/C=C/[C@@H](CC(=O)OCC)C(F)(F)F. The minimum atomic E-state index is -4.39. The lowest BCUT2D eigenvalue weighted by atomic mass is 10.0. The number of esters is 1. The van der Waals surface area contributed by atoms with Crippen molar-refractivity contribution in [2.24, 2.45) is 5.92 Å². The van der Waals surface area contributed by atoms with E-state index in [2.05, 4.69) is 4.74 Å². The van der Waals surface area contributed by atoms with Gasteiger partial charge >= 0.3 is 12.1 Å². The highest BCUT2D eigenvalue weighted by atomic mass is 19.4. The van der Waals surface area contributed by atoms with E-state index >= 15 is 0 Å². The molecule has 0 aromatic rings. The maximum atomic E-state index is 12.6. The van der Waals surface area contributed by atoms with Crippen LogP contribution in [-0.2, 0) is 9.53 Å². The molecule has 0 fully saturated rings. The maximum absolute atomic E-state index is 12.6. The molecule has 0 aliphatic heterocycles. The van der Waals surface area contributed by atoms with Crippen LogP contribution in [0.4, 0.5) is 13.2 Å². The molecule has 0 unspecified atom stereocenters. The second-order valence-electron chi connectivity index (χ2n) is 4.08. The number of allylic oxidation sites excluding steroid dienone is 2. The van der Waals surface area contributed by atoms with Gasteiger partial charge in [-0.1, -0.05) is 31.9 Å². The van der Waals surface area contributed by atoms with Gasteiger partial charge in [-0.05, 0) is 19.8 Å². The van der Waals surface area contributed by atoms with Crippen LogP contribution in [0.2, 0.25) is 0 Å². The van der Waals surface area contributed by atoms with E-state index in [1.807, 2.05) is 6.92 Å². The molecule has 0 N–H and O–H groups in total. The van der Waals surface area contributed by atoms with Gasteiger partial charge in [0.2, 0.25) is 0 Å². The Morgan fingerprint density at radius 2 is 1.94 bits per heavy atom. The molecule has 2 nitrogen and oxygen atoms in total. The molecule has 0 heterocycles. The number of carbonyl (C=O) groups is 1. The maximum Gasteiger partial charge on any atom is 0.395 e. The summed E-state index contributed by atoms with van der Waals surface area (Å²) >= 11 is 0. The van der Waals surface area contributed by atoms with Crippen LogP contribution < -0.4 is 0 Å². The molecule has 5 heteroatoms. The van der Waals surface area contributed by atoms with Gasteiger partial charge in [-0.15, -0.1) is 0 Å². The number of hydrogen-bond donors (Lipinski definition) is 0. The van der Waals surface area contributed by atoms with Gasteiger partial charge in [-0.3, -0.25) is 4.79 Å². The fourth-order valence-corrected chi connectivity index (χ4v) is 1.47. The van der Waals surface area contributed by atoms with Crippen molar-refractivity contribution in [2.45, 2.75) is 52.1 Å². The van der Waals surface area contributed by atoms with E-state index in [1.165, 1.54) is 6.08 Å². The molecule has 0 amide bonds. The molecule has 106 valence electrons. The number of unbranched alkanes of at least 4 members (excludes halogenated alkanes) is 3. The average Bonchev–Trinajstić information content (AvgIpc) is 2.26. The standard InChI is InChI=1S/C13H21F3O2/c1-3-5-6-7-8-9-11(13(14,15)16)10-12(17)18-4-2/h8-9,11H,3-7,10H2,1-2H3/b9-8+/t11-/m0/s1. The fourth-order valence-electron chi connectivity index (χ4n) is 1.47. The summed E-state index contributed by atoms with van der Waals surface area (Å²) in [7, 11) is 0. The Morgan fingerprint density at radius 3 is 2.44 bits per heavy atom. The topological polar surface area (TPSA) is 26.3 Å². The van der Waals surface area contributed by atoms with Gasteiger partial charge in [0.15, 0.2) is 0 Å². The lowest BCUT2D eigenvalue weighted by Crippen LogP contribution is -2.24. The van der Waals surface area contributed by atoms with Crippen LogP contribution in [-0.4, -0.2) is 18.8 Å². The van der Waals surface area contributed by atoms with Crippen LogP contribution in [0.15, 0.2) is 12.2 Å². The predicted molar refractivity (Wildman–Crippen MR) is 64.1 cm³/mol. The highest BCUT2D eigenvalue weighted by Crippen LogP contribution is 2.30. The lowest BCUT2D eigenvalue weighted by molar-refractivity contribution is -0.173. The van der Waals surface area contributed by atoms with Gasteiger partial charge in [0, 0.05) is 0 Å². The number of ether oxygens (including phenoxy) is 1. The summed E-state index contributed by atoms with van der Waals surface area (Å²) in [6.45, 7) is 3.70.